The first kappa shape index (κ1) is 9.98. The van der Waals surface area contributed by atoms with Crippen LogP contribution in [0.15, 0.2) is 36.8 Å². The lowest BCUT2D eigenvalue weighted by molar-refractivity contribution is 0.762. The van der Waals surface area contributed by atoms with Crippen molar-refractivity contribution in [3.8, 4) is 10.6 Å². The van der Waals surface area contributed by atoms with Gasteiger partial charge in [-0.3, -0.25) is 0 Å². The molecule has 0 atom stereocenters. The molecule has 0 spiro atoms. The lowest BCUT2D eigenvalue weighted by atomic mass is 10.3. The molecule has 0 saturated heterocycles. The molecular weight excluding hydrogens is 211 g/mol. The summed E-state index contributed by atoms with van der Waals surface area (Å²) in [5, 5.41) is 0. The maximum Gasteiger partial charge on any atom is 0.136 e. The van der Waals surface area contributed by atoms with Crippen molar-refractivity contribution in [3.05, 3.63) is 41.7 Å². The van der Waals surface area contributed by atoms with Crippen LogP contribution < -0.4 is 0 Å². The number of halogens is 1. The first-order valence-electron chi connectivity index (χ1n) is 4.49. The Kier molecular flexibility index (Phi) is 2.87. The van der Waals surface area contributed by atoms with Crippen molar-refractivity contribution in [3.63, 3.8) is 0 Å². The van der Waals surface area contributed by atoms with Gasteiger partial charge >= 0.3 is 0 Å². The summed E-state index contributed by atoms with van der Waals surface area (Å²) in [5.74, 6) is -0.194. The van der Waals surface area contributed by atoms with Crippen LogP contribution in [-0.4, -0.2) is 9.97 Å². The fourth-order valence-electron chi connectivity index (χ4n) is 1.18. The minimum atomic E-state index is -0.194. The summed E-state index contributed by atoms with van der Waals surface area (Å²) in [6.45, 7) is 1.68. The van der Waals surface area contributed by atoms with Gasteiger partial charge in [-0.25, -0.2) is 14.4 Å². The molecule has 0 aliphatic heterocycles. The highest BCUT2D eigenvalue weighted by atomic mass is 32.1. The Morgan fingerprint density at radius 3 is 2.93 bits per heavy atom. The summed E-state index contributed by atoms with van der Waals surface area (Å²) in [6.07, 6.45) is 4.62. The Labute approximate surface area is 91.1 Å². The van der Waals surface area contributed by atoms with Gasteiger partial charge in [0.1, 0.15) is 12.2 Å². The molecule has 0 N–H and O–H groups in total. The van der Waals surface area contributed by atoms with Gasteiger partial charge in [-0.2, -0.15) is 0 Å². The zero-order valence-electron chi connectivity index (χ0n) is 8.14. The Morgan fingerprint density at radius 1 is 1.40 bits per heavy atom. The second kappa shape index (κ2) is 4.31. The van der Waals surface area contributed by atoms with Crippen LogP contribution >= 0.6 is 11.3 Å². The normalized spacial score (nSPS) is 11.7. The molecule has 2 aromatic heterocycles. The van der Waals surface area contributed by atoms with E-state index in [1.54, 1.807) is 19.2 Å². The molecule has 0 saturated carbocycles. The smallest absolute Gasteiger partial charge is 0.136 e. The fourth-order valence-corrected chi connectivity index (χ4v) is 2.13. The molecule has 2 aromatic rings. The van der Waals surface area contributed by atoms with E-state index in [2.05, 4.69) is 9.97 Å². The number of nitrogens with zero attached hydrogens (tertiary/aromatic N) is 2. The summed E-state index contributed by atoms with van der Waals surface area (Å²) in [4.78, 5) is 9.52. The van der Waals surface area contributed by atoms with Gasteiger partial charge in [0.05, 0.1) is 15.4 Å². The topological polar surface area (TPSA) is 25.8 Å². The number of aromatic nitrogens is 2. The molecule has 0 unspecified atom stereocenters. The average molecular weight is 220 g/mol. The van der Waals surface area contributed by atoms with E-state index < -0.39 is 0 Å². The molecule has 0 radical (unpaired) electrons. The predicted molar refractivity (Wildman–Crippen MR) is 60.1 cm³/mol. The quantitative estimate of drug-likeness (QED) is 0.773. The van der Waals surface area contributed by atoms with E-state index in [0.29, 0.717) is 4.88 Å². The van der Waals surface area contributed by atoms with Gasteiger partial charge in [-0.1, -0.05) is 6.08 Å². The van der Waals surface area contributed by atoms with Crippen molar-refractivity contribution < 1.29 is 4.39 Å². The van der Waals surface area contributed by atoms with Crippen LogP contribution in [0.3, 0.4) is 0 Å². The molecule has 2 nitrogen and oxygen atoms in total. The Bertz CT molecular complexity index is 476. The summed E-state index contributed by atoms with van der Waals surface area (Å²) >= 11 is 1.39. The highest BCUT2D eigenvalue weighted by Gasteiger charge is 2.06. The van der Waals surface area contributed by atoms with E-state index in [0.717, 1.165) is 10.6 Å². The molecule has 0 bridgehead atoms. The van der Waals surface area contributed by atoms with Crippen molar-refractivity contribution in [1.82, 2.24) is 9.97 Å². The van der Waals surface area contributed by atoms with Gasteiger partial charge in [0, 0.05) is 6.20 Å². The van der Waals surface area contributed by atoms with E-state index in [9.17, 15) is 4.39 Å². The van der Waals surface area contributed by atoms with E-state index in [1.165, 1.54) is 23.7 Å². The standard InChI is InChI=1S/C11H9FN2S/c1-2-8(12)10-3-4-11(15-10)9-5-6-13-7-14-9/h2-7H,1H3/b8-2-. The molecule has 0 aromatic carbocycles. The molecule has 2 heterocycles. The van der Waals surface area contributed by atoms with Crippen LogP contribution in [0.4, 0.5) is 4.39 Å². The monoisotopic (exact) mass is 220 g/mol. The van der Waals surface area contributed by atoms with E-state index in [4.69, 9.17) is 0 Å². The molecule has 4 heteroatoms. The highest BCUT2D eigenvalue weighted by molar-refractivity contribution is 7.16. The van der Waals surface area contributed by atoms with Gasteiger partial charge in [-0.15, -0.1) is 11.3 Å². The summed E-state index contributed by atoms with van der Waals surface area (Å²) in [6, 6.07) is 5.44. The molecule has 0 amide bonds. The zero-order valence-corrected chi connectivity index (χ0v) is 8.96. The fraction of sp³-hybridized carbons (Fsp3) is 0.0909. The van der Waals surface area contributed by atoms with Gasteiger partial charge in [-0.05, 0) is 25.1 Å². The molecule has 0 aliphatic carbocycles. The van der Waals surface area contributed by atoms with Crippen LogP contribution in [0.25, 0.3) is 16.4 Å². The molecule has 0 fully saturated rings. The third kappa shape index (κ3) is 2.10. The molecule has 2 rings (SSSR count). The molecular formula is C11H9FN2S. The third-order valence-corrected chi connectivity index (χ3v) is 3.05. The number of hydrogen-bond acceptors (Lipinski definition) is 3. The maximum absolute atomic E-state index is 13.2. The van der Waals surface area contributed by atoms with Crippen molar-refractivity contribution in [2.45, 2.75) is 6.92 Å². The summed E-state index contributed by atoms with van der Waals surface area (Å²) in [7, 11) is 0. The lowest BCUT2D eigenvalue weighted by Gasteiger charge is -1.93. The summed E-state index contributed by atoms with van der Waals surface area (Å²) in [5.41, 5.74) is 0.824. The minimum absolute atomic E-state index is 0.194. The van der Waals surface area contributed by atoms with Gasteiger partial charge in [0.25, 0.3) is 0 Å². The highest BCUT2D eigenvalue weighted by Crippen LogP contribution is 2.30. The van der Waals surface area contributed by atoms with Crippen LogP contribution in [0, 0.1) is 0 Å². The van der Waals surface area contributed by atoms with E-state index >= 15 is 0 Å². The van der Waals surface area contributed by atoms with Crippen LogP contribution in [0.1, 0.15) is 11.8 Å². The average Bonchev–Trinajstić information content (AvgIpc) is 2.78. The number of rotatable bonds is 2. The van der Waals surface area contributed by atoms with E-state index in [1.807, 2.05) is 12.1 Å². The summed E-state index contributed by atoms with van der Waals surface area (Å²) < 4.78 is 13.2. The van der Waals surface area contributed by atoms with Gasteiger partial charge < -0.3 is 0 Å². The minimum Gasteiger partial charge on any atom is -0.245 e. The molecule has 76 valence electrons. The van der Waals surface area contributed by atoms with Crippen molar-refractivity contribution >= 4 is 17.2 Å². The van der Waals surface area contributed by atoms with Gasteiger partial charge in [0.2, 0.25) is 0 Å². The van der Waals surface area contributed by atoms with Crippen LogP contribution in [0.5, 0.6) is 0 Å². The first-order chi connectivity index (χ1) is 7.31. The Hall–Kier alpha value is -1.55. The molecule has 0 aliphatic rings. The van der Waals surface area contributed by atoms with Crippen LogP contribution in [0.2, 0.25) is 0 Å². The zero-order chi connectivity index (χ0) is 10.7. The lowest BCUT2D eigenvalue weighted by Crippen LogP contribution is -1.79. The third-order valence-electron chi connectivity index (χ3n) is 1.93. The van der Waals surface area contributed by atoms with Crippen molar-refractivity contribution in [1.29, 1.82) is 0 Å². The SMILES string of the molecule is C/C=C(\F)c1ccc(-c2ccncn2)s1. The van der Waals surface area contributed by atoms with E-state index in [-0.39, 0.29) is 5.83 Å². The van der Waals surface area contributed by atoms with Crippen molar-refractivity contribution in [2.24, 2.45) is 0 Å². The largest absolute Gasteiger partial charge is 0.245 e. The van der Waals surface area contributed by atoms with Crippen LogP contribution in [-0.2, 0) is 0 Å². The Balaban J connectivity index is 2.36. The second-order valence-corrected chi connectivity index (χ2v) is 3.98. The maximum atomic E-state index is 13.2. The van der Waals surface area contributed by atoms with Gasteiger partial charge in [0.15, 0.2) is 0 Å². The molecule has 15 heavy (non-hydrogen) atoms. The number of hydrogen-bond donors (Lipinski definition) is 0. The van der Waals surface area contributed by atoms with Crippen molar-refractivity contribution in [2.75, 3.05) is 0 Å². The Morgan fingerprint density at radius 2 is 2.27 bits per heavy atom. The predicted octanol–water partition coefficient (Wildman–Crippen LogP) is 3.54. The number of allylic oxidation sites excluding steroid dienone is 1. The number of thiophene rings is 1. The first-order valence-corrected chi connectivity index (χ1v) is 5.31. The second-order valence-electron chi connectivity index (χ2n) is 2.90.